The van der Waals surface area contributed by atoms with Gasteiger partial charge in [0.25, 0.3) is 0 Å². The summed E-state index contributed by atoms with van der Waals surface area (Å²) >= 11 is 15.1. The monoisotopic (exact) mass is 277 g/mol. The van der Waals surface area contributed by atoms with E-state index in [0.29, 0.717) is 0 Å². The highest BCUT2D eigenvalue weighted by Crippen LogP contribution is 2.23. The Kier molecular flexibility index (Phi) is 4.70. The number of nitrogens with zero attached hydrogens (tertiary/aromatic N) is 4. The van der Waals surface area contributed by atoms with Gasteiger partial charge in [-0.3, -0.25) is 4.79 Å². The van der Waals surface area contributed by atoms with Gasteiger partial charge < -0.3 is 5.32 Å². The van der Waals surface area contributed by atoms with Gasteiger partial charge in [-0.1, -0.05) is 28.3 Å². The molecule has 1 aromatic rings. The Labute approximate surface area is 106 Å². The lowest BCUT2D eigenvalue weighted by Gasteiger charge is -2.08. The van der Waals surface area contributed by atoms with Gasteiger partial charge in [0, 0.05) is 4.91 Å². The Bertz CT molecular complexity index is 462. The molecule has 1 unspecified atom stereocenters. The van der Waals surface area contributed by atoms with Crippen LogP contribution in [0.15, 0.2) is 17.4 Å². The average molecular weight is 278 g/mol. The minimum absolute atomic E-state index is 0.209. The highest BCUT2D eigenvalue weighted by atomic mass is 35.5. The molecule has 1 aromatic heterocycles. The fraction of sp³-hybridized carbons (Fsp3) is 0.143. The summed E-state index contributed by atoms with van der Waals surface area (Å²) in [6, 6.07) is 1.37. The Morgan fingerprint density at radius 1 is 1.69 bits per heavy atom. The summed E-state index contributed by atoms with van der Waals surface area (Å²) in [4.78, 5) is 17.6. The van der Waals surface area contributed by atoms with E-state index in [-0.39, 0.29) is 15.9 Å². The van der Waals surface area contributed by atoms with Crippen LogP contribution in [-0.2, 0) is 4.79 Å². The van der Waals surface area contributed by atoms with Crippen molar-refractivity contribution >= 4 is 47.4 Å². The van der Waals surface area contributed by atoms with Crippen molar-refractivity contribution in [2.24, 2.45) is 5.11 Å². The number of thiol groups is 1. The predicted octanol–water partition coefficient (Wildman–Crippen LogP) is 2.89. The van der Waals surface area contributed by atoms with Crippen LogP contribution in [0.3, 0.4) is 0 Å². The molecule has 16 heavy (non-hydrogen) atoms. The van der Waals surface area contributed by atoms with Crippen molar-refractivity contribution in [1.82, 2.24) is 4.98 Å². The molecule has 1 atom stereocenters. The molecule has 0 aliphatic carbocycles. The minimum atomic E-state index is -1.13. The van der Waals surface area contributed by atoms with Gasteiger partial charge in [0.15, 0.2) is 5.37 Å². The number of amides is 1. The van der Waals surface area contributed by atoms with Gasteiger partial charge in [0.05, 0.1) is 16.9 Å². The SMILES string of the molecule is [N-]=[N+]=NC(S)C(=O)Nc1cnc(Cl)cc1Cl. The van der Waals surface area contributed by atoms with E-state index in [9.17, 15) is 4.79 Å². The number of carbonyl (C=O) groups excluding carboxylic acids is 1. The smallest absolute Gasteiger partial charge is 0.243 e. The number of halogens is 2. The first-order valence-electron chi connectivity index (χ1n) is 3.88. The zero-order valence-corrected chi connectivity index (χ0v) is 10.0. The summed E-state index contributed by atoms with van der Waals surface area (Å²) < 4.78 is 0. The largest absolute Gasteiger partial charge is 0.322 e. The second kappa shape index (κ2) is 5.81. The van der Waals surface area contributed by atoms with E-state index >= 15 is 0 Å². The lowest BCUT2D eigenvalue weighted by molar-refractivity contribution is -0.115. The van der Waals surface area contributed by atoms with Crippen molar-refractivity contribution in [2.75, 3.05) is 5.32 Å². The van der Waals surface area contributed by atoms with Gasteiger partial charge in [0.2, 0.25) is 5.91 Å². The lowest BCUT2D eigenvalue weighted by atomic mass is 10.4. The zero-order valence-electron chi connectivity index (χ0n) is 7.63. The first-order chi connectivity index (χ1) is 7.54. The van der Waals surface area contributed by atoms with Crippen molar-refractivity contribution in [3.63, 3.8) is 0 Å². The van der Waals surface area contributed by atoms with Crippen LogP contribution in [0.5, 0.6) is 0 Å². The molecule has 0 saturated carbocycles. The van der Waals surface area contributed by atoms with Crippen molar-refractivity contribution in [1.29, 1.82) is 0 Å². The van der Waals surface area contributed by atoms with Crippen LogP contribution in [0.4, 0.5) is 5.69 Å². The molecule has 1 rings (SSSR count). The number of hydrogen-bond acceptors (Lipinski definition) is 4. The summed E-state index contributed by atoms with van der Waals surface area (Å²) in [5.41, 5.74) is 8.38. The summed E-state index contributed by atoms with van der Waals surface area (Å²) in [5.74, 6) is -0.604. The molecule has 0 aromatic carbocycles. The quantitative estimate of drug-likeness (QED) is 0.292. The van der Waals surface area contributed by atoms with Crippen LogP contribution in [-0.4, -0.2) is 16.3 Å². The van der Waals surface area contributed by atoms with E-state index in [2.05, 4.69) is 33.0 Å². The van der Waals surface area contributed by atoms with Gasteiger partial charge in [-0.2, -0.15) is 12.6 Å². The van der Waals surface area contributed by atoms with Crippen molar-refractivity contribution in [3.8, 4) is 0 Å². The molecule has 9 heteroatoms. The highest BCUT2D eigenvalue weighted by molar-refractivity contribution is 7.81. The maximum atomic E-state index is 11.4. The van der Waals surface area contributed by atoms with E-state index in [1.165, 1.54) is 12.3 Å². The molecule has 0 fully saturated rings. The minimum Gasteiger partial charge on any atom is -0.322 e. The zero-order chi connectivity index (χ0) is 12.1. The third-order valence-corrected chi connectivity index (χ3v) is 2.33. The van der Waals surface area contributed by atoms with Crippen LogP contribution >= 0.6 is 35.8 Å². The van der Waals surface area contributed by atoms with E-state index < -0.39 is 11.3 Å². The molecule has 0 saturated heterocycles. The number of carbonyl (C=O) groups is 1. The maximum Gasteiger partial charge on any atom is 0.243 e. The first kappa shape index (κ1) is 12.9. The fourth-order valence-corrected chi connectivity index (χ4v) is 1.32. The number of anilines is 1. The first-order valence-corrected chi connectivity index (χ1v) is 5.16. The van der Waals surface area contributed by atoms with Crippen LogP contribution in [0.1, 0.15) is 0 Å². The average Bonchev–Trinajstić information content (AvgIpc) is 2.22. The van der Waals surface area contributed by atoms with Crippen molar-refractivity contribution in [3.05, 3.63) is 32.9 Å². The third-order valence-electron chi connectivity index (χ3n) is 1.47. The number of rotatable bonds is 3. The molecule has 0 aliphatic rings. The standard InChI is InChI=1S/C7H5Cl2N5OS/c8-3-1-5(9)11-2-4(3)12-6(15)7(16)13-14-10/h1-2,7,16H,(H,12,15). The fourth-order valence-electron chi connectivity index (χ4n) is 0.798. The normalized spacial score (nSPS) is 11.4. The topological polar surface area (TPSA) is 90.8 Å². The Balaban J connectivity index is 2.81. The number of azide groups is 1. The third kappa shape index (κ3) is 3.46. The molecular weight excluding hydrogens is 273 g/mol. The van der Waals surface area contributed by atoms with E-state index in [1.807, 2.05) is 0 Å². The van der Waals surface area contributed by atoms with E-state index in [0.717, 1.165) is 0 Å². The summed E-state index contributed by atoms with van der Waals surface area (Å²) in [6.07, 6.45) is 1.29. The molecule has 0 aliphatic heterocycles. The van der Waals surface area contributed by atoms with E-state index in [4.69, 9.17) is 28.7 Å². The van der Waals surface area contributed by atoms with Gasteiger partial charge in [-0.15, -0.1) is 0 Å². The molecule has 0 spiro atoms. The summed E-state index contributed by atoms with van der Waals surface area (Å²) in [7, 11) is 0. The van der Waals surface area contributed by atoms with Crippen LogP contribution in [0, 0.1) is 0 Å². The Morgan fingerprint density at radius 2 is 2.38 bits per heavy atom. The van der Waals surface area contributed by atoms with Crippen LogP contribution < -0.4 is 5.32 Å². The highest BCUT2D eigenvalue weighted by Gasteiger charge is 2.13. The van der Waals surface area contributed by atoms with Crippen molar-refractivity contribution in [2.45, 2.75) is 5.37 Å². The van der Waals surface area contributed by atoms with Gasteiger partial charge in [-0.05, 0) is 11.6 Å². The molecule has 0 bridgehead atoms. The molecule has 1 amide bonds. The van der Waals surface area contributed by atoms with Gasteiger partial charge in [-0.25, -0.2) is 4.98 Å². The van der Waals surface area contributed by atoms with Crippen molar-refractivity contribution < 1.29 is 4.79 Å². The predicted molar refractivity (Wildman–Crippen MR) is 64.8 cm³/mol. The van der Waals surface area contributed by atoms with Crippen LogP contribution in [0.25, 0.3) is 10.4 Å². The molecule has 84 valence electrons. The second-order valence-electron chi connectivity index (χ2n) is 2.55. The maximum absolute atomic E-state index is 11.4. The van der Waals surface area contributed by atoms with Crippen LogP contribution in [0.2, 0.25) is 10.2 Å². The molecule has 6 nitrogen and oxygen atoms in total. The summed E-state index contributed by atoms with van der Waals surface area (Å²) in [5, 5.41) is 4.81. The lowest BCUT2D eigenvalue weighted by Crippen LogP contribution is -2.21. The van der Waals surface area contributed by atoms with Gasteiger partial charge in [0.1, 0.15) is 5.15 Å². The number of aromatic nitrogens is 1. The molecule has 0 radical (unpaired) electrons. The molecular formula is C7H5Cl2N5OS. The summed E-state index contributed by atoms with van der Waals surface area (Å²) in [6.45, 7) is 0. The van der Waals surface area contributed by atoms with Gasteiger partial charge >= 0.3 is 0 Å². The molecule has 1 heterocycles. The van der Waals surface area contributed by atoms with E-state index in [1.54, 1.807) is 0 Å². The Morgan fingerprint density at radius 3 is 2.94 bits per heavy atom. The number of pyridine rings is 1. The number of hydrogen-bond donors (Lipinski definition) is 2. The number of nitrogens with one attached hydrogen (secondary N) is 1. The Hall–Kier alpha value is -1.14. The molecule has 1 N–H and O–H groups in total. The second-order valence-corrected chi connectivity index (χ2v) is 3.84.